The zero-order chi connectivity index (χ0) is 19.6. The highest BCUT2D eigenvalue weighted by Crippen LogP contribution is 2.14. The average molecular weight is 382 g/mol. The number of likely N-dealkylation sites (tertiary alicyclic amines) is 1. The van der Waals surface area contributed by atoms with Crippen molar-refractivity contribution in [1.82, 2.24) is 20.0 Å². The van der Waals surface area contributed by atoms with Crippen LogP contribution in [0.1, 0.15) is 47.0 Å². The monoisotopic (exact) mass is 381 g/mol. The van der Waals surface area contributed by atoms with Crippen molar-refractivity contribution in [2.75, 3.05) is 59.0 Å². The first kappa shape index (κ1) is 22.0. The fourth-order valence-electron chi connectivity index (χ4n) is 3.67. The first-order valence-electron chi connectivity index (χ1n) is 10.7. The molecule has 2 aliphatic heterocycles. The van der Waals surface area contributed by atoms with E-state index in [4.69, 9.17) is 9.73 Å². The van der Waals surface area contributed by atoms with Crippen molar-refractivity contribution in [1.29, 1.82) is 0 Å². The second-order valence-corrected chi connectivity index (χ2v) is 7.74. The third-order valence-electron chi connectivity index (χ3n) is 5.29. The molecule has 1 N–H and O–H groups in total. The van der Waals surface area contributed by atoms with Crippen molar-refractivity contribution in [3.8, 4) is 0 Å². The van der Waals surface area contributed by atoms with E-state index in [9.17, 15) is 4.79 Å². The Hall–Kier alpha value is -1.34. The number of rotatable bonds is 8. The van der Waals surface area contributed by atoms with Gasteiger partial charge < -0.3 is 19.9 Å². The van der Waals surface area contributed by atoms with Crippen molar-refractivity contribution in [3.05, 3.63) is 0 Å². The van der Waals surface area contributed by atoms with Gasteiger partial charge in [-0.2, -0.15) is 0 Å². The fourth-order valence-corrected chi connectivity index (χ4v) is 3.67. The van der Waals surface area contributed by atoms with Crippen LogP contribution < -0.4 is 5.32 Å². The van der Waals surface area contributed by atoms with Gasteiger partial charge in [-0.15, -0.1) is 0 Å². The molecule has 0 spiro atoms. The van der Waals surface area contributed by atoms with E-state index in [0.717, 1.165) is 84.2 Å². The smallest absolute Gasteiger partial charge is 0.239 e. The Morgan fingerprint density at radius 2 is 1.70 bits per heavy atom. The number of ether oxygens (including phenoxy) is 1. The molecule has 2 aliphatic rings. The van der Waals surface area contributed by atoms with Gasteiger partial charge in [0.2, 0.25) is 5.91 Å². The number of carbonyl (C=O) groups excluding carboxylic acids is 1. The molecule has 2 fully saturated rings. The Kier molecular flexibility index (Phi) is 9.34. The predicted octanol–water partition coefficient (Wildman–Crippen LogP) is 1.40. The van der Waals surface area contributed by atoms with Crippen molar-refractivity contribution < 1.29 is 9.53 Å². The molecule has 2 heterocycles. The molecule has 7 nitrogen and oxygen atoms in total. The predicted molar refractivity (Wildman–Crippen MR) is 110 cm³/mol. The Bertz CT molecular complexity index is 469. The summed E-state index contributed by atoms with van der Waals surface area (Å²) < 4.78 is 5.59. The van der Waals surface area contributed by atoms with Crippen molar-refractivity contribution in [3.63, 3.8) is 0 Å². The highest BCUT2D eigenvalue weighted by atomic mass is 16.5. The number of piperazine rings is 1. The molecule has 1 atom stereocenters. The molecule has 2 rings (SSSR count). The van der Waals surface area contributed by atoms with Crippen LogP contribution in [0.15, 0.2) is 4.99 Å². The first-order valence-corrected chi connectivity index (χ1v) is 10.7. The molecule has 1 amide bonds. The van der Waals surface area contributed by atoms with Crippen LogP contribution in [0.3, 0.4) is 0 Å². The maximum Gasteiger partial charge on any atom is 0.239 e. The Balaban J connectivity index is 1.79. The highest BCUT2D eigenvalue weighted by molar-refractivity contribution is 5.82. The van der Waals surface area contributed by atoms with Crippen LogP contribution in [-0.2, 0) is 9.53 Å². The van der Waals surface area contributed by atoms with Crippen molar-refractivity contribution in [2.24, 2.45) is 4.99 Å². The highest BCUT2D eigenvalue weighted by Gasteiger charge is 2.30. The van der Waals surface area contributed by atoms with E-state index in [0.29, 0.717) is 5.91 Å². The van der Waals surface area contributed by atoms with Crippen LogP contribution >= 0.6 is 0 Å². The minimum Gasteiger partial charge on any atom is -0.379 e. The SMILES string of the molecule is CCNC(=NCCCOC(C)C)N1CCN(C(C)C(=O)N2CCCC2)CC1. The molecule has 1 unspecified atom stereocenters. The quantitative estimate of drug-likeness (QED) is 0.391. The molecule has 0 aromatic carbocycles. The van der Waals surface area contributed by atoms with Crippen molar-refractivity contribution in [2.45, 2.75) is 59.1 Å². The van der Waals surface area contributed by atoms with Crippen LogP contribution in [0.25, 0.3) is 0 Å². The lowest BCUT2D eigenvalue weighted by molar-refractivity contribution is -0.135. The molecule has 27 heavy (non-hydrogen) atoms. The van der Waals surface area contributed by atoms with E-state index < -0.39 is 0 Å². The fraction of sp³-hybridized carbons (Fsp3) is 0.900. The summed E-state index contributed by atoms with van der Waals surface area (Å²) in [6.07, 6.45) is 3.52. The molecule has 0 aromatic heterocycles. The van der Waals surface area contributed by atoms with Crippen LogP contribution in [0.4, 0.5) is 0 Å². The summed E-state index contributed by atoms with van der Waals surface area (Å²) in [5.74, 6) is 1.28. The molecule has 0 aromatic rings. The Morgan fingerprint density at radius 3 is 2.30 bits per heavy atom. The lowest BCUT2D eigenvalue weighted by Crippen LogP contribution is -2.57. The number of nitrogens with zero attached hydrogens (tertiary/aromatic N) is 4. The molecule has 7 heteroatoms. The van der Waals surface area contributed by atoms with E-state index in [1.165, 1.54) is 0 Å². The van der Waals surface area contributed by atoms with Gasteiger partial charge in [-0.05, 0) is 47.0 Å². The minimum absolute atomic E-state index is 0.0158. The molecule has 156 valence electrons. The molecule has 0 radical (unpaired) electrons. The molecule has 0 aliphatic carbocycles. The van der Waals surface area contributed by atoms with Crippen LogP contribution in [0.5, 0.6) is 0 Å². The summed E-state index contributed by atoms with van der Waals surface area (Å²) in [5, 5.41) is 3.41. The summed E-state index contributed by atoms with van der Waals surface area (Å²) in [7, 11) is 0. The Morgan fingerprint density at radius 1 is 1.04 bits per heavy atom. The number of nitrogens with one attached hydrogen (secondary N) is 1. The normalized spacial score (nSPS) is 20.4. The zero-order valence-corrected chi connectivity index (χ0v) is 17.7. The van der Waals surface area contributed by atoms with Crippen LogP contribution in [0, 0.1) is 0 Å². The average Bonchev–Trinajstić information content (AvgIpc) is 3.20. The maximum absolute atomic E-state index is 12.6. The summed E-state index contributed by atoms with van der Waals surface area (Å²) in [6, 6.07) is -0.0158. The Labute approximate surface area is 165 Å². The van der Waals surface area contributed by atoms with Crippen molar-refractivity contribution >= 4 is 11.9 Å². The van der Waals surface area contributed by atoms with Gasteiger partial charge >= 0.3 is 0 Å². The second-order valence-electron chi connectivity index (χ2n) is 7.74. The van der Waals surface area contributed by atoms with E-state index >= 15 is 0 Å². The number of hydrogen-bond donors (Lipinski definition) is 1. The number of hydrogen-bond acceptors (Lipinski definition) is 4. The summed E-state index contributed by atoms with van der Waals surface area (Å²) in [6.45, 7) is 16.2. The molecular formula is C20H39N5O2. The largest absolute Gasteiger partial charge is 0.379 e. The van der Waals surface area contributed by atoms with E-state index in [-0.39, 0.29) is 12.1 Å². The second kappa shape index (κ2) is 11.5. The number of guanidine groups is 1. The first-order chi connectivity index (χ1) is 13.0. The van der Waals surface area contributed by atoms with E-state index in [2.05, 4.69) is 42.8 Å². The van der Waals surface area contributed by atoms with Crippen LogP contribution in [0.2, 0.25) is 0 Å². The van der Waals surface area contributed by atoms with Gasteiger partial charge in [-0.3, -0.25) is 14.7 Å². The molecule has 2 saturated heterocycles. The number of aliphatic imine (C=N–C) groups is 1. The molecular weight excluding hydrogens is 342 g/mol. The van der Waals surface area contributed by atoms with E-state index in [1.54, 1.807) is 0 Å². The van der Waals surface area contributed by atoms with Gasteiger partial charge in [0.15, 0.2) is 5.96 Å². The third kappa shape index (κ3) is 6.96. The maximum atomic E-state index is 12.6. The number of amides is 1. The lowest BCUT2D eigenvalue weighted by Gasteiger charge is -2.39. The van der Waals surface area contributed by atoms with Gasteiger partial charge in [-0.25, -0.2) is 0 Å². The minimum atomic E-state index is -0.0158. The lowest BCUT2D eigenvalue weighted by atomic mass is 10.2. The molecule has 0 saturated carbocycles. The van der Waals surface area contributed by atoms with Gasteiger partial charge in [0.25, 0.3) is 0 Å². The summed E-state index contributed by atoms with van der Waals surface area (Å²) >= 11 is 0. The topological polar surface area (TPSA) is 60.4 Å². The van der Waals surface area contributed by atoms with Crippen LogP contribution in [-0.4, -0.2) is 97.7 Å². The van der Waals surface area contributed by atoms with Gasteiger partial charge in [0.1, 0.15) is 0 Å². The molecule has 0 bridgehead atoms. The standard InChI is InChI=1S/C20H39N5O2/c1-5-21-20(22-9-8-16-27-17(2)3)25-14-12-23(13-15-25)18(4)19(26)24-10-6-7-11-24/h17-18H,5-16H2,1-4H3,(H,21,22). The summed E-state index contributed by atoms with van der Waals surface area (Å²) in [5.41, 5.74) is 0. The van der Waals surface area contributed by atoms with Gasteiger partial charge in [-0.1, -0.05) is 0 Å². The van der Waals surface area contributed by atoms with Gasteiger partial charge in [0, 0.05) is 59.0 Å². The number of carbonyl (C=O) groups is 1. The van der Waals surface area contributed by atoms with Gasteiger partial charge in [0.05, 0.1) is 12.1 Å². The van der Waals surface area contributed by atoms with E-state index in [1.807, 2.05) is 4.90 Å². The zero-order valence-electron chi connectivity index (χ0n) is 17.7. The summed E-state index contributed by atoms with van der Waals surface area (Å²) in [4.78, 5) is 24.1. The third-order valence-corrected chi connectivity index (χ3v) is 5.29.